The van der Waals surface area contributed by atoms with Gasteiger partial charge in [-0.2, -0.15) is 23.4 Å². The van der Waals surface area contributed by atoms with Gasteiger partial charge in [-0.1, -0.05) is 0 Å². The highest BCUT2D eigenvalue weighted by molar-refractivity contribution is 5.95. The van der Waals surface area contributed by atoms with Crippen molar-refractivity contribution in [2.24, 2.45) is 0 Å². The van der Waals surface area contributed by atoms with Crippen LogP contribution in [0.4, 0.5) is 13.2 Å². The summed E-state index contributed by atoms with van der Waals surface area (Å²) < 4.78 is 47.0. The number of amides is 1. The Kier molecular flexibility index (Phi) is 5.57. The van der Waals surface area contributed by atoms with Gasteiger partial charge in [0.2, 0.25) is 0 Å². The van der Waals surface area contributed by atoms with Gasteiger partial charge in [0.1, 0.15) is 6.33 Å². The molecule has 2 N–H and O–H groups in total. The van der Waals surface area contributed by atoms with Crippen LogP contribution < -0.4 is 5.32 Å². The quantitative estimate of drug-likeness (QED) is 0.601. The lowest BCUT2D eigenvalue weighted by Crippen LogP contribution is -2.54. The van der Waals surface area contributed by atoms with Crippen LogP contribution >= 0.6 is 0 Å². The van der Waals surface area contributed by atoms with Gasteiger partial charge in [0.05, 0.1) is 31.4 Å². The van der Waals surface area contributed by atoms with E-state index in [1.54, 1.807) is 19.2 Å². The second kappa shape index (κ2) is 8.41. The molecule has 2 aliphatic rings. The van der Waals surface area contributed by atoms with E-state index in [2.05, 4.69) is 30.5 Å². The number of aryl methyl sites for hydroxylation is 1. The van der Waals surface area contributed by atoms with Gasteiger partial charge in [0, 0.05) is 36.5 Å². The number of likely N-dealkylation sites (tertiary alicyclic amines) is 1. The Hall–Kier alpha value is -2.99. The number of fused-ring (bicyclic) bond motifs is 1. The lowest BCUT2D eigenvalue weighted by molar-refractivity contribution is -0.127. The van der Waals surface area contributed by atoms with E-state index < -0.39 is 18.5 Å². The molecule has 3 aromatic rings. The summed E-state index contributed by atoms with van der Waals surface area (Å²) in [6.45, 7) is 4.89. The van der Waals surface area contributed by atoms with Crippen LogP contribution in [0, 0.1) is 6.92 Å². The van der Waals surface area contributed by atoms with Crippen molar-refractivity contribution in [3.8, 4) is 11.3 Å². The van der Waals surface area contributed by atoms with E-state index in [1.807, 2.05) is 0 Å². The Labute approximate surface area is 187 Å². The van der Waals surface area contributed by atoms with Crippen LogP contribution in [0.3, 0.4) is 0 Å². The average molecular weight is 463 g/mol. The van der Waals surface area contributed by atoms with Gasteiger partial charge in [0.15, 0.2) is 11.3 Å². The van der Waals surface area contributed by atoms with Gasteiger partial charge in [0.25, 0.3) is 5.91 Å². The minimum atomic E-state index is -4.50. The molecule has 2 saturated heterocycles. The monoisotopic (exact) mass is 463 g/mol. The predicted molar refractivity (Wildman–Crippen MR) is 112 cm³/mol. The summed E-state index contributed by atoms with van der Waals surface area (Å²) >= 11 is 0. The average Bonchev–Trinajstić information content (AvgIpc) is 3.34. The van der Waals surface area contributed by atoms with Crippen molar-refractivity contribution < 1.29 is 22.7 Å². The molecule has 0 bridgehead atoms. The number of piperidine rings is 1. The molecule has 5 rings (SSSR count). The zero-order valence-electron chi connectivity index (χ0n) is 18.0. The number of pyridine rings is 1. The summed E-state index contributed by atoms with van der Waals surface area (Å²) in [5.74, 6) is -0.597. The van der Waals surface area contributed by atoms with Crippen LogP contribution in [-0.2, 0) is 11.2 Å². The second-order valence-corrected chi connectivity index (χ2v) is 8.63. The molecule has 0 aliphatic carbocycles. The van der Waals surface area contributed by atoms with Crippen molar-refractivity contribution in [3.05, 3.63) is 35.4 Å². The molecule has 2 fully saturated rings. The van der Waals surface area contributed by atoms with E-state index in [-0.39, 0.29) is 23.0 Å². The number of carbonyl (C=O) groups is 1. The van der Waals surface area contributed by atoms with Crippen LogP contribution in [0.15, 0.2) is 18.6 Å². The SMILES string of the molecule is Cc1cc(-c2[nH]nc(C(=O)NC3CCN(C4COC4)CC3)c2CC(F)(F)F)cn2ncnc12. The highest BCUT2D eigenvalue weighted by Crippen LogP contribution is 2.31. The number of alkyl halides is 3. The summed E-state index contributed by atoms with van der Waals surface area (Å²) in [7, 11) is 0. The van der Waals surface area contributed by atoms with Crippen molar-refractivity contribution in [2.45, 2.75) is 44.4 Å². The lowest BCUT2D eigenvalue weighted by atomic mass is 10.0. The first-order chi connectivity index (χ1) is 15.8. The highest BCUT2D eigenvalue weighted by Gasteiger charge is 2.35. The molecule has 0 saturated carbocycles. The molecule has 3 aromatic heterocycles. The summed E-state index contributed by atoms with van der Waals surface area (Å²) in [5.41, 5.74) is 1.54. The topological polar surface area (TPSA) is 100 Å². The molecule has 176 valence electrons. The fraction of sp³-hybridized carbons (Fsp3) is 0.524. The molecular formula is C21H24F3N7O2. The molecule has 2 aliphatic heterocycles. The molecule has 0 spiro atoms. The molecule has 1 amide bonds. The zero-order chi connectivity index (χ0) is 23.2. The number of halogens is 3. The van der Waals surface area contributed by atoms with Crippen LogP contribution in [0.2, 0.25) is 0 Å². The third-order valence-electron chi connectivity index (χ3n) is 6.31. The molecule has 5 heterocycles. The van der Waals surface area contributed by atoms with Crippen LogP contribution in [-0.4, -0.2) is 80.2 Å². The van der Waals surface area contributed by atoms with E-state index in [4.69, 9.17) is 4.74 Å². The molecule has 0 atom stereocenters. The Balaban J connectivity index is 1.38. The van der Waals surface area contributed by atoms with E-state index in [1.165, 1.54) is 10.8 Å². The maximum atomic E-state index is 13.4. The molecule has 0 unspecified atom stereocenters. The molecule has 33 heavy (non-hydrogen) atoms. The molecule has 0 radical (unpaired) electrons. The summed E-state index contributed by atoms with van der Waals surface area (Å²) in [6.07, 6.45) is -1.36. The molecule has 12 heteroatoms. The Morgan fingerprint density at radius 1 is 1.30 bits per heavy atom. The van der Waals surface area contributed by atoms with Gasteiger partial charge in [-0.25, -0.2) is 9.50 Å². The number of nitrogens with one attached hydrogen (secondary N) is 2. The standard InChI is InChI=1S/C21H24F3N7O2/c1-12-6-13(8-31-19(12)25-11-26-31)17-16(7-21(22,23)24)18(29-28-17)20(32)27-14-2-4-30(5-3-14)15-9-33-10-15/h6,8,11,14-15H,2-5,7,9-10H2,1H3,(H,27,32)(H,28,29). The molecule has 0 aromatic carbocycles. The number of ether oxygens (including phenoxy) is 1. The van der Waals surface area contributed by atoms with Crippen LogP contribution in [0.25, 0.3) is 16.9 Å². The third-order valence-corrected chi connectivity index (χ3v) is 6.31. The van der Waals surface area contributed by atoms with Crippen molar-refractivity contribution in [2.75, 3.05) is 26.3 Å². The van der Waals surface area contributed by atoms with Crippen molar-refractivity contribution in [1.29, 1.82) is 0 Å². The number of aromatic amines is 1. The summed E-state index contributed by atoms with van der Waals surface area (Å²) in [4.78, 5) is 19.4. The maximum absolute atomic E-state index is 13.4. The molecule has 9 nitrogen and oxygen atoms in total. The van der Waals surface area contributed by atoms with Gasteiger partial charge in [-0.15, -0.1) is 0 Å². The number of hydrogen-bond donors (Lipinski definition) is 2. The lowest BCUT2D eigenvalue weighted by Gasteiger charge is -2.41. The van der Waals surface area contributed by atoms with E-state index in [9.17, 15) is 18.0 Å². The predicted octanol–water partition coefficient (Wildman–Crippen LogP) is 2.13. The first kappa shape index (κ1) is 21.8. The second-order valence-electron chi connectivity index (χ2n) is 8.63. The largest absolute Gasteiger partial charge is 0.393 e. The van der Waals surface area contributed by atoms with Crippen LogP contribution in [0.1, 0.15) is 34.5 Å². The fourth-order valence-corrected chi connectivity index (χ4v) is 4.49. The number of nitrogens with zero attached hydrogens (tertiary/aromatic N) is 5. The summed E-state index contributed by atoms with van der Waals surface area (Å²) in [6, 6.07) is 2.03. The number of aromatic nitrogens is 5. The van der Waals surface area contributed by atoms with Crippen molar-refractivity contribution in [1.82, 2.24) is 35.0 Å². The van der Waals surface area contributed by atoms with Gasteiger partial charge in [-0.3, -0.25) is 14.8 Å². The summed E-state index contributed by atoms with van der Waals surface area (Å²) in [5, 5.41) is 13.6. The number of carbonyl (C=O) groups excluding carboxylic acids is 1. The van der Waals surface area contributed by atoms with E-state index in [0.29, 0.717) is 17.3 Å². The van der Waals surface area contributed by atoms with Gasteiger partial charge >= 0.3 is 6.18 Å². The fourth-order valence-electron chi connectivity index (χ4n) is 4.49. The number of rotatable bonds is 5. The van der Waals surface area contributed by atoms with E-state index in [0.717, 1.165) is 44.7 Å². The number of H-pyrrole nitrogens is 1. The minimum Gasteiger partial charge on any atom is -0.378 e. The highest BCUT2D eigenvalue weighted by atomic mass is 19.4. The van der Waals surface area contributed by atoms with E-state index >= 15 is 0 Å². The first-order valence-corrected chi connectivity index (χ1v) is 10.9. The Bertz CT molecular complexity index is 1160. The molecular weight excluding hydrogens is 439 g/mol. The first-order valence-electron chi connectivity index (χ1n) is 10.9. The third kappa shape index (κ3) is 4.44. The van der Waals surface area contributed by atoms with Crippen LogP contribution in [0.5, 0.6) is 0 Å². The zero-order valence-corrected chi connectivity index (χ0v) is 18.0. The Morgan fingerprint density at radius 2 is 2.06 bits per heavy atom. The normalized spacial score (nSPS) is 18.5. The Morgan fingerprint density at radius 3 is 2.73 bits per heavy atom. The van der Waals surface area contributed by atoms with Gasteiger partial charge in [-0.05, 0) is 31.4 Å². The van der Waals surface area contributed by atoms with Crippen molar-refractivity contribution >= 4 is 11.6 Å². The minimum absolute atomic E-state index is 0.109. The number of hydrogen-bond acceptors (Lipinski definition) is 6. The van der Waals surface area contributed by atoms with Crippen molar-refractivity contribution in [3.63, 3.8) is 0 Å². The van der Waals surface area contributed by atoms with Gasteiger partial charge < -0.3 is 10.1 Å². The maximum Gasteiger partial charge on any atom is 0.393 e. The smallest absolute Gasteiger partial charge is 0.378 e.